The highest BCUT2D eigenvalue weighted by molar-refractivity contribution is 5.85. The van der Waals surface area contributed by atoms with Gasteiger partial charge in [-0.05, 0) is 55.6 Å². The lowest BCUT2D eigenvalue weighted by Crippen LogP contribution is -2.54. The van der Waals surface area contributed by atoms with Gasteiger partial charge in [0.15, 0.2) is 0 Å². The van der Waals surface area contributed by atoms with Gasteiger partial charge in [-0.3, -0.25) is 4.79 Å². The minimum Gasteiger partial charge on any atom is -0.352 e. The SMILES string of the molecule is CCC(C(=O)NC1C2CCCC1CC(N)C2)c1cccc(C(F)(F)F)c1.Cl. The third-order valence-electron chi connectivity index (χ3n) is 6.03. The number of benzene rings is 1. The number of halogens is 4. The molecule has 0 spiro atoms. The third kappa shape index (κ3) is 4.96. The average Bonchev–Trinajstić information content (AvgIpc) is 2.56. The Morgan fingerprint density at radius 1 is 1.26 bits per heavy atom. The number of carbonyl (C=O) groups is 1. The minimum absolute atomic E-state index is 0. The number of nitrogens with two attached hydrogens (primary N) is 1. The molecule has 3 atom stereocenters. The zero-order valence-corrected chi connectivity index (χ0v) is 16.3. The van der Waals surface area contributed by atoms with Gasteiger partial charge in [0, 0.05) is 12.1 Å². The molecule has 2 bridgehead atoms. The van der Waals surface area contributed by atoms with Crippen molar-refractivity contribution in [3.63, 3.8) is 0 Å². The molecular weight excluding hydrogens is 377 g/mol. The van der Waals surface area contributed by atoms with Crippen LogP contribution in [0.1, 0.15) is 62.5 Å². The van der Waals surface area contributed by atoms with E-state index in [2.05, 4.69) is 5.32 Å². The summed E-state index contributed by atoms with van der Waals surface area (Å²) in [5.74, 6) is 0.0544. The van der Waals surface area contributed by atoms with Crippen molar-refractivity contribution in [3.8, 4) is 0 Å². The molecular formula is C20H28ClF3N2O. The molecule has 0 radical (unpaired) electrons. The van der Waals surface area contributed by atoms with E-state index in [0.717, 1.165) is 37.8 Å². The Kier molecular flexibility index (Phi) is 7.20. The van der Waals surface area contributed by atoms with Gasteiger partial charge in [-0.15, -0.1) is 12.4 Å². The molecule has 3 nitrogen and oxygen atoms in total. The second-order valence-corrected chi connectivity index (χ2v) is 7.80. The summed E-state index contributed by atoms with van der Waals surface area (Å²) in [5.41, 5.74) is 5.85. The maximum absolute atomic E-state index is 13.0. The molecule has 2 aliphatic rings. The summed E-state index contributed by atoms with van der Waals surface area (Å²) in [7, 11) is 0. The van der Waals surface area contributed by atoms with E-state index in [9.17, 15) is 18.0 Å². The average molecular weight is 405 g/mol. The number of rotatable bonds is 4. The molecule has 27 heavy (non-hydrogen) atoms. The summed E-state index contributed by atoms with van der Waals surface area (Å²) in [6.07, 6.45) is 1.20. The van der Waals surface area contributed by atoms with Crippen LogP contribution in [0.5, 0.6) is 0 Å². The number of hydrogen-bond acceptors (Lipinski definition) is 2. The van der Waals surface area contributed by atoms with Crippen molar-refractivity contribution in [3.05, 3.63) is 35.4 Å². The van der Waals surface area contributed by atoms with Gasteiger partial charge >= 0.3 is 6.18 Å². The van der Waals surface area contributed by atoms with Crippen LogP contribution >= 0.6 is 12.4 Å². The van der Waals surface area contributed by atoms with Gasteiger partial charge in [-0.1, -0.05) is 31.5 Å². The van der Waals surface area contributed by atoms with Crippen molar-refractivity contribution in [1.82, 2.24) is 5.32 Å². The van der Waals surface area contributed by atoms with Crippen LogP contribution in [0.15, 0.2) is 24.3 Å². The van der Waals surface area contributed by atoms with Gasteiger partial charge in [-0.2, -0.15) is 13.2 Å². The molecule has 7 heteroatoms. The Labute approximate surface area is 164 Å². The van der Waals surface area contributed by atoms with Crippen molar-refractivity contribution >= 4 is 18.3 Å². The van der Waals surface area contributed by atoms with Gasteiger partial charge in [0.1, 0.15) is 0 Å². The maximum Gasteiger partial charge on any atom is 0.416 e. The zero-order chi connectivity index (χ0) is 18.9. The van der Waals surface area contributed by atoms with Crippen molar-refractivity contribution in [2.45, 2.75) is 69.6 Å². The Balaban J connectivity index is 0.00000261. The fraction of sp³-hybridized carbons (Fsp3) is 0.650. The molecule has 152 valence electrons. The summed E-state index contributed by atoms with van der Waals surface area (Å²) in [6, 6.07) is 5.44. The van der Waals surface area contributed by atoms with E-state index in [4.69, 9.17) is 5.73 Å². The summed E-state index contributed by atoms with van der Waals surface area (Å²) in [4.78, 5) is 12.9. The van der Waals surface area contributed by atoms with Crippen LogP contribution in [0, 0.1) is 11.8 Å². The Bertz CT molecular complexity index is 638. The lowest BCUT2D eigenvalue weighted by Gasteiger charge is -2.45. The minimum atomic E-state index is -4.40. The second-order valence-electron chi connectivity index (χ2n) is 7.80. The van der Waals surface area contributed by atoms with Crippen molar-refractivity contribution in [2.24, 2.45) is 17.6 Å². The Morgan fingerprint density at radius 2 is 1.89 bits per heavy atom. The van der Waals surface area contributed by atoms with Gasteiger partial charge in [-0.25, -0.2) is 0 Å². The summed E-state index contributed by atoms with van der Waals surface area (Å²) < 4.78 is 39.0. The highest BCUT2D eigenvalue weighted by atomic mass is 35.5. The lowest BCUT2D eigenvalue weighted by molar-refractivity contribution is -0.137. The highest BCUT2D eigenvalue weighted by Gasteiger charge is 2.40. The predicted molar refractivity (Wildman–Crippen MR) is 102 cm³/mol. The molecule has 1 amide bonds. The molecule has 3 N–H and O–H groups in total. The van der Waals surface area contributed by atoms with Gasteiger partial charge in [0.2, 0.25) is 5.91 Å². The van der Waals surface area contributed by atoms with E-state index in [1.165, 1.54) is 12.5 Å². The molecule has 0 saturated heterocycles. The van der Waals surface area contributed by atoms with Crippen LogP contribution in [0.4, 0.5) is 13.2 Å². The summed E-state index contributed by atoms with van der Waals surface area (Å²) in [6.45, 7) is 1.84. The number of amides is 1. The van der Waals surface area contributed by atoms with E-state index in [0.29, 0.717) is 23.8 Å². The van der Waals surface area contributed by atoms with Gasteiger partial charge in [0.25, 0.3) is 0 Å². The fourth-order valence-electron chi connectivity index (χ4n) is 4.79. The van der Waals surface area contributed by atoms with Crippen molar-refractivity contribution in [2.75, 3.05) is 0 Å². The number of alkyl halides is 3. The van der Waals surface area contributed by atoms with Crippen LogP contribution in [0.2, 0.25) is 0 Å². The molecule has 0 heterocycles. The Hall–Kier alpha value is -1.27. The fourth-order valence-corrected chi connectivity index (χ4v) is 4.79. The second kappa shape index (κ2) is 8.82. The monoisotopic (exact) mass is 404 g/mol. The molecule has 0 aliphatic heterocycles. The first-order valence-corrected chi connectivity index (χ1v) is 9.52. The van der Waals surface area contributed by atoms with Gasteiger partial charge in [0.05, 0.1) is 11.5 Å². The highest BCUT2D eigenvalue weighted by Crippen LogP contribution is 2.40. The predicted octanol–water partition coefficient (Wildman–Crippen LogP) is 4.64. The lowest BCUT2D eigenvalue weighted by atomic mass is 9.67. The van der Waals surface area contributed by atoms with Crippen LogP contribution in [-0.4, -0.2) is 18.0 Å². The van der Waals surface area contributed by atoms with Crippen molar-refractivity contribution < 1.29 is 18.0 Å². The largest absolute Gasteiger partial charge is 0.416 e. The molecule has 1 aromatic rings. The third-order valence-corrected chi connectivity index (χ3v) is 6.03. The molecule has 3 unspecified atom stereocenters. The topological polar surface area (TPSA) is 55.1 Å². The maximum atomic E-state index is 13.0. The number of nitrogens with one attached hydrogen (secondary N) is 1. The van der Waals surface area contributed by atoms with Crippen LogP contribution in [0.3, 0.4) is 0 Å². The van der Waals surface area contributed by atoms with E-state index >= 15 is 0 Å². The Morgan fingerprint density at radius 3 is 2.44 bits per heavy atom. The van der Waals surface area contributed by atoms with Crippen molar-refractivity contribution in [1.29, 1.82) is 0 Å². The van der Waals surface area contributed by atoms with Crippen LogP contribution in [-0.2, 0) is 11.0 Å². The van der Waals surface area contributed by atoms with E-state index < -0.39 is 17.7 Å². The molecule has 2 aliphatic carbocycles. The number of fused-ring (bicyclic) bond motifs is 2. The first-order valence-electron chi connectivity index (χ1n) is 9.52. The van der Waals surface area contributed by atoms with Crippen LogP contribution < -0.4 is 11.1 Å². The quantitative estimate of drug-likeness (QED) is 0.767. The normalized spacial score (nSPS) is 28.8. The van der Waals surface area contributed by atoms with E-state index in [-0.39, 0.29) is 30.4 Å². The molecule has 1 aromatic carbocycles. The zero-order valence-electron chi connectivity index (χ0n) is 15.5. The number of hydrogen-bond donors (Lipinski definition) is 2. The molecule has 0 aromatic heterocycles. The molecule has 3 rings (SSSR count). The summed E-state index contributed by atoms with van der Waals surface area (Å²) >= 11 is 0. The molecule has 2 saturated carbocycles. The van der Waals surface area contributed by atoms with E-state index in [1.807, 2.05) is 6.92 Å². The summed E-state index contributed by atoms with van der Waals surface area (Å²) in [5, 5.41) is 3.17. The smallest absolute Gasteiger partial charge is 0.352 e. The van der Waals surface area contributed by atoms with Gasteiger partial charge < -0.3 is 11.1 Å². The standard InChI is InChI=1S/C20H27F3N2O.ClH/c1-2-17(12-5-4-8-15(9-12)20(21,22)23)19(26)25-18-13-6-3-7-14(18)11-16(24)10-13;/h4-5,8-9,13-14,16-18H,2-3,6-7,10-11,24H2,1H3,(H,25,26);1H. The van der Waals surface area contributed by atoms with E-state index in [1.54, 1.807) is 6.07 Å². The first-order chi connectivity index (χ1) is 12.3. The first kappa shape index (κ1) is 22.0. The number of carbonyl (C=O) groups excluding carboxylic acids is 1. The van der Waals surface area contributed by atoms with Crippen LogP contribution in [0.25, 0.3) is 0 Å². The molecule has 2 fully saturated rings.